The second-order valence-corrected chi connectivity index (χ2v) is 3.29. The van der Waals surface area contributed by atoms with Gasteiger partial charge in [0.2, 0.25) is 0 Å². The third kappa shape index (κ3) is 3.38. The highest BCUT2D eigenvalue weighted by molar-refractivity contribution is 6.18. The van der Waals surface area contributed by atoms with Crippen LogP contribution >= 0.6 is 11.6 Å². The summed E-state index contributed by atoms with van der Waals surface area (Å²) in [6.07, 6.45) is 3.87. The number of halogens is 2. The van der Waals surface area contributed by atoms with Crippen molar-refractivity contribution in [1.29, 1.82) is 0 Å². The van der Waals surface area contributed by atoms with E-state index in [4.69, 9.17) is 11.6 Å². The molecule has 0 atom stereocenters. The average molecular weight is 214 g/mol. The van der Waals surface area contributed by atoms with Crippen molar-refractivity contribution in [2.75, 3.05) is 24.4 Å². The second-order valence-electron chi connectivity index (χ2n) is 2.98. The van der Waals surface area contributed by atoms with Crippen LogP contribution in [0.25, 0.3) is 0 Å². The standard InChI is InChI=1S/C11H13ClFN/c1-14(9-3-2-8-12)11-6-4-10(13)5-7-11/h2-7H,8-9H2,1H3. The van der Waals surface area contributed by atoms with E-state index in [0.29, 0.717) is 5.88 Å². The first-order valence-electron chi connectivity index (χ1n) is 4.41. The van der Waals surface area contributed by atoms with Crippen LogP contribution in [0.15, 0.2) is 36.4 Å². The van der Waals surface area contributed by atoms with Crippen molar-refractivity contribution < 1.29 is 4.39 Å². The Bertz CT molecular complexity index is 295. The van der Waals surface area contributed by atoms with Gasteiger partial charge in [0, 0.05) is 25.2 Å². The highest BCUT2D eigenvalue weighted by Gasteiger charge is 1.97. The summed E-state index contributed by atoms with van der Waals surface area (Å²) >= 11 is 5.50. The fraction of sp³-hybridized carbons (Fsp3) is 0.273. The summed E-state index contributed by atoms with van der Waals surface area (Å²) in [5.74, 6) is 0.315. The lowest BCUT2D eigenvalue weighted by Gasteiger charge is -2.16. The van der Waals surface area contributed by atoms with Crippen molar-refractivity contribution in [2.45, 2.75) is 0 Å². The topological polar surface area (TPSA) is 3.24 Å². The lowest BCUT2D eigenvalue weighted by molar-refractivity contribution is 0.627. The first kappa shape index (κ1) is 11.1. The monoisotopic (exact) mass is 213 g/mol. The van der Waals surface area contributed by atoms with Gasteiger partial charge < -0.3 is 4.90 Å². The zero-order valence-corrected chi connectivity index (χ0v) is 8.84. The number of hydrogen-bond acceptors (Lipinski definition) is 1. The Hall–Kier alpha value is -1.02. The molecule has 1 nitrogen and oxygen atoms in total. The van der Waals surface area contributed by atoms with Crippen LogP contribution < -0.4 is 4.90 Å². The van der Waals surface area contributed by atoms with E-state index < -0.39 is 0 Å². The summed E-state index contributed by atoms with van der Waals surface area (Å²) < 4.78 is 12.6. The molecule has 1 rings (SSSR count). The van der Waals surface area contributed by atoms with Crippen LogP contribution in [0.4, 0.5) is 10.1 Å². The summed E-state index contributed by atoms with van der Waals surface area (Å²) in [5, 5.41) is 0. The van der Waals surface area contributed by atoms with Gasteiger partial charge in [0.1, 0.15) is 5.82 Å². The highest BCUT2D eigenvalue weighted by Crippen LogP contribution is 2.12. The SMILES string of the molecule is CN(CC=CCCl)c1ccc(F)cc1. The van der Waals surface area contributed by atoms with Gasteiger partial charge in [-0.05, 0) is 24.3 Å². The minimum Gasteiger partial charge on any atom is -0.371 e. The van der Waals surface area contributed by atoms with Crippen molar-refractivity contribution in [1.82, 2.24) is 0 Å². The van der Waals surface area contributed by atoms with Crippen LogP contribution in [0.2, 0.25) is 0 Å². The van der Waals surface area contributed by atoms with E-state index in [1.165, 1.54) is 12.1 Å². The minimum absolute atomic E-state index is 0.210. The number of likely N-dealkylation sites (N-methyl/N-ethyl adjacent to an activating group) is 1. The predicted molar refractivity (Wildman–Crippen MR) is 59.5 cm³/mol. The zero-order valence-electron chi connectivity index (χ0n) is 8.08. The first-order chi connectivity index (χ1) is 6.74. The molecule has 1 aromatic rings. The Morgan fingerprint density at radius 2 is 1.93 bits per heavy atom. The predicted octanol–water partition coefficient (Wildman–Crippen LogP) is 3.06. The Balaban J connectivity index is 2.56. The van der Waals surface area contributed by atoms with Gasteiger partial charge in [-0.1, -0.05) is 12.2 Å². The van der Waals surface area contributed by atoms with E-state index in [9.17, 15) is 4.39 Å². The average Bonchev–Trinajstić information content (AvgIpc) is 2.19. The maximum atomic E-state index is 12.6. The van der Waals surface area contributed by atoms with Crippen molar-refractivity contribution in [3.05, 3.63) is 42.2 Å². The van der Waals surface area contributed by atoms with E-state index in [2.05, 4.69) is 0 Å². The molecule has 0 bridgehead atoms. The fourth-order valence-corrected chi connectivity index (χ4v) is 1.22. The van der Waals surface area contributed by atoms with E-state index in [0.717, 1.165) is 12.2 Å². The van der Waals surface area contributed by atoms with Crippen molar-refractivity contribution in [3.63, 3.8) is 0 Å². The molecule has 0 aliphatic heterocycles. The molecule has 0 spiro atoms. The molecule has 3 heteroatoms. The number of nitrogens with zero attached hydrogens (tertiary/aromatic N) is 1. The Kier molecular flexibility index (Phi) is 4.47. The van der Waals surface area contributed by atoms with Crippen LogP contribution in [-0.2, 0) is 0 Å². The molecule has 0 aliphatic rings. The molecular formula is C11H13ClFN. The van der Waals surface area contributed by atoms with Crippen molar-refractivity contribution in [3.8, 4) is 0 Å². The summed E-state index contributed by atoms with van der Waals surface area (Å²) in [6, 6.07) is 6.42. The number of rotatable bonds is 4. The Labute approximate surface area is 88.8 Å². The number of alkyl halides is 1. The lowest BCUT2D eigenvalue weighted by atomic mass is 10.3. The summed E-state index contributed by atoms with van der Waals surface area (Å²) in [5.41, 5.74) is 0.991. The van der Waals surface area contributed by atoms with E-state index in [1.54, 1.807) is 12.1 Å². The fourth-order valence-electron chi connectivity index (χ4n) is 1.10. The van der Waals surface area contributed by atoms with E-state index in [-0.39, 0.29) is 5.82 Å². The van der Waals surface area contributed by atoms with Gasteiger partial charge in [0.05, 0.1) is 0 Å². The third-order valence-electron chi connectivity index (χ3n) is 1.90. The van der Waals surface area contributed by atoms with Gasteiger partial charge in [-0.25, -0.2) is 4.39 Å². The van der Waals surface area contributed by atoms with E-state index >= 15 is 0 Å². The van der Waals surface area contributed by atoms with Crippen molar-refractivity contribution in [2.24, 2.45) is 0 Å². The van der Waals surface area contributed by atoms with Crippen LogP contribution in [0.1, 0.15) is 0 Å². The maximum absolute atomic E-state index is 12.6. The third-order valence-corrected chi connectivity index (χ3v) is 2.08. The molecule has 14 heavy (non-hydrogen) atoms. The number of benzene rings is 1. The molecule has 76 valence electrons. The van der Waals surface area contributed by atoms with Gasteiger partial charge >= 0.3 is 0 Å². The van der Waals surface area contributed by atoms with Gasteiger partial charge in [0.15, 0.2) is 0 Å². The maximum Gasteiger partial charge on any atom is 0.123 e. The Morgan fingerprint density at radius 1 is 1.29 bits per heavy atom. The van der Waals surface area contributed by atoms with Gasteiger partial charge in [0.25, 0.3) is 0 Å². The molecule has 0 fully saturated rings. The molecular weight excluding hydrogens is 201 g/mol. The molecule has 1 aromatic carbocycles. The van der Waals surface area contributed by atoms with Crippen LogP contribution in [0, 0.1) is 5.82 Å². The normalized spacial score (nSPS) is 10.8. The Morgan fingerprint density at radius 3 is 2.50 bits per heavy atom. The second kappa shape index (κ2) is 5.66. The van der Waals surface area contributed by atoms with Crippen LogP contribution in [-0.4, -0.2) is 19.5 Å². The number of anilines is 1. The number of allylic oxidation sites excluding steroid dienone is 1. The van der Waals surface area contributed by atoms with Crippen molar-refractivity contribution >= 4 is 17.3 Å². The molecule has 0 heterocycles. The quantitative estimate of drug-likeness (QED) is 0.549. The zero-order chi connectivity index (χ0) is 10.4. The van der Waals surface area contributed by atoms with Crippen LogP contribution in [0.3, 0.4) is 0 Å². The molecule has 0 aliphatic carbocycles. The lowest BCUT2D eigenvalue weighted by Crippen LogP contribution is -2.16. The van der Waals surface area contributed by atoms with Crippen LogP contribution in [0.5, 0.6) is 0 Å². The summed E-state index contributed by atoms with van der Waals surface area (Å²) in [7, 11) is 1.95. The highest BCUT2D eigenvalue weighted by atomic mass is 35.5. The molecule has 0 radical (unpaired) electrons. The van der Waals surface area contributed by atoms with Gasteiger partial charge in [-0.15, -0.1) is 11.6 Å². The largest absolute Gasteiger partial charge is 0.371 e. The molecule has 0 N–H and O–H groups in total. The molecule has 0 saturated heterocycles. The minimum atomic E-state index is -0.210. The first-order valence-corrected chi connectivity index (χ1v) is 4.95. The smallest absolute Gasteiger partial charge is 0.123 e. The van der Waals surface area contributed by atoms with E-state index in [1.807, 2.05) is 24.1 Å². The van der Waals surface area contributed by atoms with Gasteiger partial charge in [-0.3, -0.25) is 0 Å². The molecule has 0 amide bonds. The van der Waals surface area contributed by atoms with Gasteiger partial charge in [-0.2, -0.15) is 0 Å². The summed E-state index contributed by atoms with van der Waals surface area (Å²) in [4.78, 5) is 2.02. The molecule has 0 saturated carbocycles. The summed E-state index contributed by atoms with van der Waals surface area (Å²) in [6.45, 7) is 0.776. The molecule has 0 unspecified atom stereocenters. The molecule has 0 aromatic heterocycles. The number of hydrogen-bond donors (Lipinski definition) is 0.